The Bertz CT molecular complexity index is 1400. The monoisotopic (exact) mass is 512 g/mol. The van der Waals surface area contributed by atoms with E-state index in [-0.39, 0.29) is 0 Å². The van der Waals surface area contributed by atoms with Crippen LogP contribution in [0, 0.1) is 26.7 Å². The molecule has 38 heavy (non-hydrogen) atoms. The van der Waals surface area contributed by atoms with Gasteiger partial charge in [0.15, 0.2) is 0 Å². The average Bonchev–Trinajstić information content (AvgIpc) is 3.55. The summed E-state index contributed by atoms with van der Waals surface area (Å²) in [7, 11) is 2.18. The SMILES string of the molecule is Cc1nc2nc(C)c(CC3CCN(c4cnc(-c5ccc(CN6CCN(C)CC6)nc5)cn4)C3)c(C)n2n1. The molecule has 2 fully saturated rings. The lowest BCUT2D eigenvalue weighted by Gasteiger charge is -2.32. The number of likely N-dealkylation sites (N-methyl/N-ethyl adjacent to an activating group) is 1. The van der Waals surface area contributed by atoms with Crippen LogP contribution in [0.15, 0.2) is 30.7 Å². The van der Waals surface area contributed by atoms with Gasteiger partial charge in [-0.15, -0.1) is 0 Å². The van der Waals surface area contributed by atoms with Crippen molar-refractivity contribution in [3.63, 3.8) is 0 Å². The number of piperazine rings is 1. The molecule has 0 radical (unpaired) electrons. The Morgan fingerprint density at radius 3 is 2.47 bits per heavy atom. The minimum atomic E-state index is 0.537. The van der Waals surface area contributed by atoms with Gasteiger partial charge in [0, 0.05) is 69.0 Å². The van der Waals surface area contributed by atoms with Crippen molar-refractivity contribution >= 4 is 11.6 Å². The van der Waals surface area contributed by atoms with Gasteiger partial charge in [0.2, 0.25) is 0 Å². The standard InChI is InChI=1S/C28H36N10/c1-19-25(20(2)38-28(32-19)33-21(3)34-38)13-22-7-8-37(17-22)27-16-30-26(15-31-27)23-5-6-24(29-14-23)18-36-11-9-35(4)10-12-36/h5-6,14-16,22H,7-13,17-18H2,1-4H3. The molecule has 0 N–H and O–H groups in total. The van der Waals surface area contributed by atoms with Crippen molar-refractivity contribution in [2.24, 2.45) is 5.92 Å². The number of aromatic nitrogens is 7. The molecular formula is C28H36N10. The van der Waals surface area contributed by atoms with Crippen LogP contribution < -0.4 is 4.90 Å². The van der Waals surface area contributed by atoms with E-state index in [0.717, 1.165) is 98.6 Å². The number of fused-ring (bicyclic) bond motifs is 1. The molecule has 0 aliphatic carbocycles. The number of hydrogen-bond acceptors (Lipinski definition) is 9. The zero-order valence-corrected chi connectivity index (χ0v) is 22.8. The van der Waals surface area contributed by atoms with E-state index in [4.69, 9.17) is 19.9 Å². The quantitative estimate of drug-likeness (QED) is 0.387. The van der Waals surface area contributed by atoms with Crippen LogP contribution in [0.2, 0.25) is 0 Å². The summed E-state index contributed by atoms with van der Waals surface area (Å²) in [5.74, 6) is 2.91. The van der Waals surface area contributed by atoms with Crippen LogP contribution in [0.1, 0.15) is 34.9 Å². The van der Waals surface area contributed by atoms with E-state index in [1.54, 1.807) is 0 Å². The molecule has 0 aromatic carbocycles. The Kier molecular flexibility index (Phi) is 6.75. The average molecular weight is 513 g/mol. The first kappa shape index (κ1) is 24.8. The van der Waals surface area contributed by atoms with E-state index in [1.807, 2.05) is 30.0 Å². The van der Waals surface area contributed by atoms with E-state index in [1.165, 1.54) is 5.56 Å². The summed E-state index contributed by atoms with van der Waals surface area (Å²) in [6.07, 6.45) is 7.80. The molecule has 6 heterocycles. The summed E-state index contributed by atoms with van der Waals surface area (Å²) in [6, 6.07) is 4.23. The lowest BCUT2D eigenvalue weighted by molar-refractivity contribution is 0.147. The van der Waals surface area contributed by atoms with Crippen molar-refractivity contribution in [3.05, 3.63) is 59.2 Å². The topological polar surface area (TPSA) is 91.5 Å². The third-order valence-corrected chi connectivity index (χ3v) is 8.00. The Labute approximate surface area is 223 Å². The highest BCUT2D eigenvalue weighted by Crippen LogP contribution is 2.27. The zero-order valence-electron chi connectivity index (χ0n) is 22.8. The van der Waals surface area contributed by atoms with Crippen LogP contribution in [0.4, 0.5) is 5.82 Å². The zero-order chi connectivity index (χ0) is 26.2. The predicted molar refractivity (Wildman–Crippen MR) is 147 cm³/mol. The number of rotatable bonds is 6. The predicted octanol–water partition coefficient (Wildman–Crippen LogP) is 2.72. The highest BCUT2D eigenvalue weighted by atomic mass is 15.3. The molecule has 10 heteroatoms. The lowest BCUT2D eigenvalue weighted by Crippen LogP contribution is -2.43. The molecule has 2 aliphatic rings. The number of anilines is 1. The molecule has 0 bridgehead atoms. The second-order valence-electron chi connectivity index (χ2n) is 10.8. The number of nitrogens with zero attached hydrogens (tertiary/aromatic N) is 10. The van der Waals surface area contributed by atoms with Crippen molar-refractivity contribution < 1.29 is 0 Å². The Balaban J connectivity index is 1.08. The third-order valence-electron chi connectivity index (χ3n) is 8.00. The van der Waals surface area contributed by atoms with Gasteiger partial charge < -0.3 is 9.80 Å². The van der Waals surface area contributed by atoms with Crippen molar-refractivity contribution in [3.8, 4) is 11.3 Å². The van der Waals surface area contributed by atoms with E-state index < -0.39 is 0 Å². The molecule has 2 saturated heterocycles. The van der Waals surface area contributed by atoms with Crippen molar-refractivity contribution in [1.29, 1.82) is 0 Å². The van der Waals surface area contributed by atoms with Crippen molar-refractivity contribution in [2.75, 3.05) is 51.2 Å². The molecule has 2 aliphatic heterocycles. The summed E-state index contributed by atoms with van der Waals surface area (Å²) in [4.78, 5) is 30.5. The fourth-order valence-electron chi connectivity index (χ4n) is 5.64. The fraction of sp³-hybridized carbons (Fsp3) is 0.500. The first-order chi connectivity index (χ1) is 18.4. The highest BCUT2D eigenvalue weighted by Gasteiger charge is 2.26. The van der Waals surface area contributed by atoms with Gasteiger partial charge in [0.1, 0.15) is 11.6 Å². The molecule has 4 aromatic heterocycles. The molecular weight excluding hydrogens is 476 g/mol. The molecule has 0 spiro atoms. The van der Waals surface area contributed by atoms with Gasteiger partial charge in [-0.25, -0.2) is 14.5 Å². The molecule has 10 nitrogen and oxygen atoms in total. The first-order valence-corrected chi connectivity index (χ1v) is 13.6. The van der Waals surface area contributed by atoms with Crippen LogP contribution in [-0.4, -0.2) is 90.7 Å². The number of aryl methyl sites for hydroxylation is 3. The molecule has 198 valence electrons. The van der Waals surface area contributed by atoms with E-state index >= 15 is 0 Å². The van der Waals surface area contributed by atoms with Gasteiger partial charge in [0.25, 0.3) is 5.78 Å². The van der Waals surface area contributed by atoms with Crippen LogP contribution in [-0.2, 0) is 13.0 Å². The molecule has 4 aromatic rings. The third kappa shape index (κ3) is 5.10. The highest BCUT2D eigenvalue weighted by molar-refractivity contribution is 5.58. The second-order valence-corrected chi connectivity index (χ2v) is 10.8. The van der Waals surface area contributed by atoms with Crippen molar-refractivity contribution in [2.45, 2.75) is 40.2 Å². The Morgan fingerprint density at radius 1 is 0.895 bits per heavy atom. The van der Waals surface area contributed by atoms with Crippen molar-refractivity contribution in [1.82, 2.24) is 44.3 Å². The van der Waals surface area contributed by atoms with Gasteiger partial charge in [-0.2, -0.15) is 10.1 Å². The molecule has 1 unspecified atom stereocenters. The van der Waals surface area contributed by atoms with E-state index in [9.17, 15) is 0 Å². The van der Waals surface area contributed by atoms with Crippen LogP contribution in [0.25, 0.3) is 17.0 Å². The minimum absolute atomic E-state index is 0.537. The minimum Gasteiger partial charge on any atom is -0.355 e. The maximum absolute atomic E-state index is 4.77. The van der Waals surface area contributed by atoms with E-state index in [2.05, 4.69) is 57.8 Å². The summed E-state index contributed by atoms with van der Waals surface area (Å²) >= 11 is 0. The molecule has 0 saturated carbocycles. The maximum atomic E-state index is 4.77. The van der Waals surface area contributed by atoms with Gasteiger partial charge >= 0.3 is 0 Å². The molecule has 0 amide bonds. The largest absolute Gasteiger partial charge is 0.355 e. The summed E-state index contributed by atoms with van der Waals surface area (Å²) in [5.41, 5.74) is 6.43. The second kappa shape index (κ2) is 10.3. The summed E-state index contributed by atoms with van der Waals surface area (Å²) < 4.78 is 1.88. The van der Waals surface area contributed by atoms with Gasteiger partial charge in [0.05, 0.1) is 23.8 Å². The number of hydrogen-bond donors (Lipinski definition) is 0. The van der Waals surface area contributed by atoms with Gasteiger partial charge in [-0.05, 0) is 64.3 Å². The first-order valence-electron chi connectivity index (χ1n) is 13.6. The molecule has 6 rings (SSSR count). The van der Waals surface area contributed by atoms with Crippen LogP contribution in [0.3, 0.4) is 0 Å². The smallest absolute Gasteiger partial charge is 0.252 e. The van der Waals surface area contributed by atoms with Crippen LogP contribution in [0.5, 0.6) is 0 Å². The van der Waals surface area contributed by atoms with Gasteiger partial charge in [-0.3, -0.25) is 14.9 Å². The Hall–Kier alpha value is -3.50. The molecule has 1 atom stereocenters. The van der Waals surface area contributed by atoms with Crippen LogP contribution >= 0.6 is 0 Å². The lowest BCUT2D eigenvalue weighted by atomic mass is 9.96. The van der Waals surface area contributed by atoms with Gasteiger partial charge in [-0.1, -0.05) is 0 Å². The summed E-state index contributed by atoms with van der Waals surface area (Å²) in [6.45, 7) is 13.4. The maximum Gasteiger partial charge on any atom is 0.252 e. The Morgan fingerprint density at radius 2 is 1.74 bits per heavy atom. The fourth-order valence-corrected chi connectivity index (χ4v) is 5.64. The number of pyridine rings is 1. The normalized spacial score (nSPS) is 19.1. The van der Waals surface area contributed by atoms with E-state index in [0.29, 0.717) is 11.7 Å². The summed E-state index contributed by atoms with van der Waals surface area (Å²) in [5, 5.41) is 4.52.